The number of aliphatic hydroxyl groups excluding tert-OH is 1. The van der Waals surface area contributed by atoms with Crippen molar-refractivity contribution in [2.45, 2.75) is 38.0 Å². The normalized spacial score (nSPS) is 12.7. The minimum absolute atomic E-state index is 0.424. The summed E-state index contributed by atoms with van der Waals surface area (Å²) in [6, 6.07) is 17.9. The van der Waals surface area contributed by atoms with Crippen molar-refractivity contribution in [3.63, 3.8) is 0 Å². The third kappa shape index (κ3) is 5.13. The lowest BCUT2D eigenvalue weighted by Gasteiger charge is -2.28. The van der Waals surface area contributed by atoms with Crippen molar-refractivity contribution in [3.05, 3.63) is 71.8 Å². The van der Waals surface area contributed by atoms with Crippen molar-refractivity contribution in [1.82, 2.24) is 0 Å². The molecule has 5 nitrogen and oxygen atoms in total. The van der Waals surface area contributed by atoms with E-state index in [2.05, 4.69) is 0 Å². The van der Waals surface area contributed by atoms with Crippen LogP contribution in [0.15, 0.2) is 60.7 Å². The SMILES string of the molecule is CC(O)C(C)(C)N.COC(C(=O)O)(c1ccccc1)c1ccccc1. The Bertz CT molecular complexity index is 609. The topological polar surface area (TPSA) is 92.8 Å². The van der Waals surface area contributed by atoms with Crippen molar-refractivity contribution in [2.24, 2.45) is 5.73 Å². The van der Waals surface area contributed by atoms with E-state index in [-0.39, 0.29) is 0 Å². The van der Waals surface area contributed by atoms with Crippen molar-refractivity contribution >= 4 is 5.97 Å². The zero-order chi connectivity index (χ0) is 19.1. The van der Waals surface area contributed by atoms with Crippen molar-refractivity contribution < 1.29 is 19.7 Å². The van der Waals surface area contributed by atoms with Gasteiger partial charge in [-0.2, -0.15) is 0 Å². The first kappa shape index (κ1) is 20.8. The molecule has 0 fully saturated rings. The summed E-state index contributed by atoms with van der Waals surface area (Å²) in [6.07, 6.45) is -0.424. The summed E-state index contributed by atoms with van der Waals surface area (Å²) in [5, 5.41) is 18.4. The van der Waals surface area contributed by atoms with Crippen LogP contribution in [-0.2, 0) is 15.1 Å². The molecule has 0 saturated heterocycles. The van der Waals surface area contributed by atoms with Gasteiger partial charge in [-0.05, 0) is 31.9 Å². The molecule has 4 N–H and O–H groups in total. The number of rotatable bonds is 5. The molecule has 0 bridgehead atoms. The Labute approximate surface area is 149 Å². The number of carbonyl (C=O) groups is 1. The van der Waals surface area contributed by atoms with Crippen LogP contribution in [0.3, 0.4) is 0 Å². The van der Waals surface area contributed by atoms with E-state index in [1.807, 2.05) is 12.1 Å². The van der Waals surface area contributed by atoms with Gasteiger partial charge in [-0.15, -0.1) is 0 Å². The fourth-order valence-electron chi connectivity index (χ4n) is 2.08. The number of aliphatic hydroxyl groups is 1. The predicted octanol–water partition coefficient (Wildman–Crippen LogP) is 2.77. The van der Waals surface area contributed by atoms with E-state index in [0.717, 1.165) is 0 Å². The fraction of sp³-hybridized carbons (Fsp3) is 0.350. The largest absolute Gasteiger partial charge is 0.479 e. The third-order valence-corrected chi connectivity index (χ3v) is 4.04. The molecular weight excluding hydrogens is 318 g/mol. The molecule has 1 unspecified atom stereocenters. The van der Waals surface area contributed by atoms with Gasteiger partial charge in [0.05, 0.1) is 6.10 Å². The van der Waals surface area contributed by atoms with E-state index in [1.165, 1.54) is 7.11 Å². The van der Waals surface area contributed by atoms with Crippen molar-refractivity contribution in [1.29, 1.82) is 0 Å². The van der Waals surface area contributed by atoms with Gasteiger partial charge in [0, 0.05) is 12.6 Å². The summed E-state index contributed by atoms with van der Waals surface area (Å²) >= 11 is 0. The molecule has 0 aromatic heterocycles. The van der Waals surface area contributed by atoms with Gasteiger partial charge < -0.3 is 20.7 Å². The van der Waals surface area contributed by atoms with Gasteiger partial charge in [0.1, 0.15) is 0 Å². The molecule has 2 aromatic rings. The monoisotopic (exact) mass is 345 g/mol. The highest BCUT2D eigenvalue weighted by Crippen LogP contribution is 2.33. The van der Waals surface area contributed by atoms with Crippen LogP contribution in [0.4, 0.5) is 0 Å². The first-order chi connectivity index (χ1) is 11.7. The van der Waals surface area contributed by atoms with Gasteiger partial charge >= 0.3 is 5.97 Å². The Morgan fingerprint density at radius 1 is 1.00 bits per heavy atom. The lowest BCUT2D eigenvalue weighted by atomic mass is 9.86. The van der Waals surface area contributed by atoms with Gasteiger partial charge in [0.15, 0.2) is 0 Å². The number of carboxylic acid groups (broad SMARTS) is 1. The molecule has 0 heterocycles. The van der Waals surface area contributed by atoms with Crippen LogP contribution in [-0.4, -0.2) is 34.9 Å². The fourth-order valence-corrected chi connectivity index (χ4v) is 2.08. The lowest BCUT2D eigenvalue weighted by molar-refractivity contribution is -0.158. The van der Waals surface area contributed by atoms with E-state index >= 15 is 0 Å². The molecule has 0 aliphatic heterocycles. The molecule has 2 aromatic carbocycles. The highest BCUT2D eigenvalue weighted by molar-refractivity contribution is 5.84. The first-order valence-electron chi connectivity index (χ1n) is 8.02. The minimum atomic E-state index is -1.46. The Balaban J connectivity index is 0.000000381. The Morgan fingerprint density at radius 2 is 1.32 bits per heavy atom. The second-order valence-electron chi connectivity index (χ2n) is 6.42. The Morgan fingerprint density at radius 3 is 1.52 bits per heavy atom. The molecule has 0 amide bonds. The molecule has 136 valence electrons. The van der Waals surface area contributed by atoms with Crippen LogP contribution in [0.2, 0.25) is 0 Å². The second-order valence-corrected chi connectivity index (χ2v) is 6.42. The average molecular weight is 345 g/mol. The quantitative estimate of drug-likeness (QED) is 0.775. The smallest absolute Gasteiger partial charge is 0.345 e. The number of carboxylic acids is 1. The standard InChI is InChI=1S/C15H14O3.C5H13NO/c1-18-15(14(16)17,12-8-4-2-5-9-12)13-10-6-3-7-11-13;1-4(7)5(2,3)6/h2-11H,1H3,(H,16,17);4,7H,6H2,1-3H3. The van der Waals surface area contributed by atoms with Crippen LogP contribution >= 0.6 is 0 Å². The van der Waals surface area contributed by atoms with Gasteiger partial charge in [-0.1, -0.05) is 60.7 Å². The maximum Gasteiger partial charge on any atom is 0.345 e. The molecule has 0 aliphatic rings. The van der Waals surface area contributed by atoms with E-state index in [9.17, 15) is 9.90 Å². The summed E-state index contributed by atoms with van der Waals surface area (Å²) < 4.78 is 5.37. The number of nitrogens with two attached hydrogens (primary N) is 1. The van der Waals surface area contributed by atoms with Gasteiger partial charge in [0.25, 0.3) is 0 Å². The van der Waals surface area contributed by atoms with Gasteiger partial charge in [-0.25, -0.2) is 4.79 Å². The Hall–Kier alpha value is -2.21. The van der Waals surface area contributed by atoms with Crippen molar-refractivity contribution in [2.75, 3.05) is 7.11 Å². The van der Waals surface area contributed by atoms with Gasteiger partial charge in [-0.3, -0.25) is 0 Å². The molecule has 2 rings (SSSR count). The third-order valence-electron chi connectivity index (χ3n) is 4.04. The maximum atomic E-state index is 11.7. The first-order valence-corrected chi connectivity index (χ1v) is 8.02. The number of methoxy groups -OCH3 is 1. The Kier molecular flexibility index (Phi) is 7.30. The second kappa shape index (κ2) is 8.76. The summed E-state index contributed by atoms with van der Waals surface area (Å²) in [5.74, 6) is -1.03. The van der Waals surface area contributed by atoms with Crippen LogP contribution in [0.5, 0.6) is 0 Å². The number of hydrogen-bond donors (Lipinski definition) is 3. The molecule has 0 radical (unpaired) electrons. The van der Waals surface area contributed by atoms with Crippen LogP contribution in [0.25, 0.3) is 0 Å². The number of hydrogen-bond acceptors (Lipinski definition) is 4. The molecule has 0 spiro atoms. The maximum absolute atomic E-state index is 11.7. The van der Waals surface area contributed by atoms with Crippen LogP contribution in [0, 0.1) is 0 Å². The van der Waals surface area contributed by atoms with E-state index in [1.54, 1.807) is 69.3 Å². The van der Waals surface area contributed by atoms with E-state index in [4.69, 9.17) is 15.6 Å². The molecule has 1 atom stereocenters. The van der Waals surface area contributed by atoms with Gasteiger partial charge in [0.2, 0.25) is 5.60 Å². The highest BCUT2D eigenvalue weighted by Gasteiger charge is 2.42. The zero-order valence-electron chi connectivity index (χ0n) is 15.1. The predicted molar refractivity (Wildman–Crippen MR) is 98.3 cm³/mol. The van der Waals surface area contributed by atoms with Crippen LogP contribution in [0.1, 0.15) is 31.9 Å². The summed E-state index contributed by atoms with van der Waals surface area (Å²) in [6.45, 7) is 5.26. The number of ether oxygens (including phenoxy) is 1. The minimum Gasteiger partial charge on any atom is -0.479 e. The number of benzene rings is 2. The molecule has 0 aliphatic carbocycles. The highest BCUT2D eigenvalue weighted by atomic mass is 16.5. The summed E-state index contributed by atoms with van der Waals surface area (Å²) in [5.41, 5.74) is 4.73. The summed E-state index contributed by atoms with van der Waals surface area (Å²) in [4.78, 5) is 11.7. The van der Waals surface area contributed by atoms with Crippen molar-refractivity contribution in [3.8, 4) is 0 Å². The summed E-state index contributed by atoms with van der Waals surface area (Å²) in [7, 11) is 1.41. The number of aliphatic carboxylic acids is 1. The molecule has 25 heavy (non-hydrogen) atoms. The lowest BCUT2D eigenvalue weighted by Crippen LogP contribution is -2.43. The molecular formula is C20H27NO4. The van der Waals surface area contributed by atoms with E-state index in [0.29, 0.717) is 11.1 Å². The zero-order valence-corrected chi connectivity index (χ0v) is 15.1. The molecule has 5 heteroatoms. The average Bonchev–Trinajstić information content (AvgIpc) is 2.57. The molecule has 0 saturated carbocycles. The van der Waals surface area contributed by atoms with E-state index < -0.39 is 23.2 Å². The van der Waals surface area contributed by atoms with Crippen LogP contribution < -0.4 is 5.73 Å².